The number of benzene rings is 1. The minimum absolute atomic E-state index is 0.00790. The quantitative estimate of drug-likeness (QED) is 0.574. The van der Waals surface area contributed by atoms with Crippen LogP contribution in [-0.2, 0) is 11.2 Å². The number of carbonyl (C=O) groups excluding carboxylic acids is 2. The van der Waals surface area contributed by atoms with Gasteiger partial charge in [-0.1, -0.05) is 50.4 Å². The molecule has 0 radical (unpaired) electrons. The van der Waals surface area contributed by atoms with Gasteiger partial charge in [-0.2, -0.15) is 0 Å². The minimum Gasteiger partial charge on any atom is -0.360 e. The second-order valence-corrected chi connectivity index (χ2v) is 7.11. The molecule has 0 fully saturated rings. The average molecular weight is 386 g/mol. The second kappa shape index (κ2) is 11.3. The summed E-state index contributed by atoms with van der Waals surface area (Å²) in [4.78, 5) is 27.0. The third-order valence-corrected chi connectivity index (χ3v) is 4.57. The number of aromatic nitrogens is 1. The summed E-state index contributed by atoms with van der Waals surface area (Å²) in [5.74, 6) is 0.584. The fraction of sp³-hybridized carbons (Fsp3) is 0.500. The highest BCUT2D eigenvalue weighted by atomic mass is 16.5. The molecule has 0 atom stereocenters. The molecule has 1 aromatic carbocycles. The van der Waals surface area contributed by atoms with E-state index in [9.17, 15) is 9.59 Å². The van der Waals surface area contributed by atoms with Crippen LogP contribution in [0.15, 0.2) is 34.9 Å². The molecule has 152 valence electrons. The SMILES string of the molecule is CCCCCN(CC(=O)Nc1cc(C)on1)C(=O)c1ccc(CCCC)cc1. The van der Waals surface area contributed by atoms with Crippen LogP contribution in [0.4, 0.5) is 5.82 Å². The maximum absolute atomic E-state index is 13.0. The molecule has 0 bridgehead atoms. The van der Waals surface area contributed by atoms with Crippen molar-refractivity contribution in [2.45, 2.75) is 59.3 Å². The highest BCUT2D eigenvalue weighted by Gasteiger charge is 2.19. The predicted molar refractivity (Wildman–Crippen MR) is 110 cm³/mol. The van der Waals surface area contributed by atoms with Gasteiger partial charge in [0.2, 0.25) is 5.91 Å². The van der Waals surface area contributed by atoms with Gasteiger partial charge in [0, 0.05) is 18.2 Å². The number of hydrogen-bond donors (Lipinski definition) is 1. The van der Waals surface area contributed by atoms with E-state index in [4.69, 9.17) is 4.52 Å². The van der Waals surface area contributed by atoms with Gasteiger partial charge in [0.05, 0.1) is 0 Å². The van der Waals surface area contributed by atoms with Crippen LogP contribution in [-0.4, -0.2) is 35.0 Å². The highest BCUT2D eigenvalue weighted by Crippen LogP contribution is 2.12. The van der Waals surface area contributed by atoms with Crippen molar-refractivity contribution in [3.63, 3.8) is 0 Å². The molecular formula is C22H31N3O3. The predicted octanol–water partition coefficient (Wildman–Crippen LogP) is 4.60. The Hall–Kier alpha value is -2.63. The Morgan fingerprint density at radius 1 is 1.07 bits per heavy atom. The Labute approximate surface area is 167 Å². The maximum atomic E-state index is 13.0. The minimum atomic E-state index is -0.280. The molecule has 2 aromatic rings. The summed E-state index contributed by atoms with van der Waals surface area (Å²) in [6.45, 7) is 6.58. The van der Waals surface area contributed by atoms with E-state index < -0.39 is 0 Å². The van der Waals surface area contributed by atoms with Crippen molar-refractivity contribution < 1.29 is 14.1 Å². The number of nitrogens with zero attached hydrogens (tertiary/aromatic N) is 2. The van der Waals surface area contributed by atoms with E-state index in [0.717, 1.165) is 38.5 Å². The van der Waals surface area contributed by atoms with E-state index in [2.05, 4.69) is 24.3 Å². The van der Waals surface area contributed by atoms with Crippen LogP contribution in [0.1, 0.15) is 67.6 Å². The van der Waals surface area contributed by atoms with Crippen molar-refractivity contribution in [1.82, 2.24) is 10.1 Å². The first-order chi connectivity index (χ1) is 13.5. The van der Waals surface area contributed by atoms with Crippen LogP contribution in [0.3, 0.4) is 0 Å². The molecule has 0 aliphatic carbocycles. The van der Waals surface area contributed by atoms with Crippen LogP contribution in [0, 0.1) is 6.92 Å². The smallest absolute Gasteiger partial charge is 0.254 e. The van der Waals surface area contributed by atoms with E-state index >= 15 is 0 Å². The van der Waals surface area contributed by atoms with Gasteiger partial charge in [0.25, 0.3) is 5.91 Å². The van der Waals surface area contributed by atoms with Gasteiger partial charge in [-0.3, -0.25) is 9.59 Å². The number of anilines is 1. The van der Waals surface area contributed by atoms with Gasteiger partial charge in [-0.15, -0.1) is 0 Å². The van der Waals surface area contributed by atoms with Crippen LogP contribution in [0.2, 0.25) is 0 Å². The van der Waals surface area contributed by atoms with Crippen LogP contribution in [0.5, 0.6) is 0 Å². The maximum Gasteiger partial charge on any atom is 0.254 e. The Bertz CT molecular complexity index is 753. The first-order valence-electron chi connectivity index (χ1n) is 10.1. The van der Waals surface area contributed by atoms with Gasteiger partial charge < -0.3 is 14.7 Å². The van der Waals surface area contributed by atoms with Crippen LogP contribution >= 0.6 is 0 Å². The lowest BCUT2D eigenvalue weighted by Gasteiger charge is -2.22. The third kappa shape index (κ3) is 6.83. The molecule has 0 saturated carbocycles. The normalized spacial score (nSPS) is 10.7. The van der Waals surface area contributed by atoms with Gasteiger partial charge >= 0.3 is 0 Å². The second-order valence-electron chi connectivity index (χ2n) is 7.11. The summed E-state index contributed by atoms with van der Waals surface area (Å²) in [5, 5.41) is 6.45. The largest absolute Gasteiger partial charge is 0.360 e. The molecule has 0 aliphatic heterocycles. The van der Waals surface area contributed by atoms with E-state index in [0.29, 0.717) is 23.7 Å². The first kappa shape index (κ1) is 21.7. The number of unbranched alkanes of at least 4 members (excludes halogenated alkanes) is 3. The van der Waals surface area contributed by atoms with Crippen molar-refractivity contribution in [2.24, 2.45) is 0 Å². The van der Waals surface area contributed by atoms with Crippen molar-refractivity contribution in [3.8, 4) is 0 Å². The molecule has 2 amide bonds. The Kier molecular flexibility index (Phi) is 8.72. The number of aryl methyl sites for hydroxylation is 2. The number of carbonyl (C=O) groups is 2. The van der Waals surface area contributed by atoms with E-state index in [1.165, 1.54) is 5.56 Å². The van der Waals surface area contributed by atoms with Gasteiger partial charge in [0.15, 0.2) is 5.82 Å². The Morgan fingerprint density at radius 3 is 2.39 bits per heavy atom. The summed E-state index contributed by atoms with van der Waals surface area (Å²) in [6.07, 6.45) is 6.24. The zero-order chi connectivity index (χ0) is 20.4. The molecular weight excluding hydrogens is 354 g/mol. The monoisotopic (exact) mass is 385 g/mol. The molecule has 0 unspecified atom stereocenters. The lowest BCUT2D eigenvalue weighted by molar-refractivity contribution is -0.117. The van der Waals surface area contributed by atoms with Crippen molar-refractivity contribution in [1.29, 1.82) is 0 Å². The van der Waals surface area contributed by atoms with E-state index in [1.807, 2.05) is 24.3 Å². The third-order valence-electron chi connectivity index (χ3n) is 4.57. The molecule has 2 rings (SSSR count). The zero-order valence-electron chi connectivity index (χ0n) is 17.2. The van der Waals surface area contributed by atoms with Crippen molar-refractivity contribution >= 4 is 17.6 Å². The summed E-state index contributed by atoms with van der Waals surface area (Å²) >= 11 is 0. The topological polar surface area (TPSA) is 75.4 Å². The molecule has 1 N–H and O–H groups in total. The Balaban J connectivity index is 2.03. The number of hydrogen-bond acceptors (Lipinski definition) is 4. The summed E-state index contributed by atoms with van der Waals surface area (Å²) < 4.78 is 4.96. The number of nitrogens with one attached hydrogen (secondary N) is 1. The van der Waals surface area contributed by atoms with E-state index in [-0.39, 0.29) is 18.4 Å². The van der Waals surface area contributed by atoms with Crippen LogP contribution in [0.25, 0.3) is 0 Å². The average Bonchev–Trinajstić information content (AvgIpc) is 3.10. The lowest BCUT2D eigenvalue weighted by Crippen LogP contribution is -2.38. The highest BCUT2D eigenvalue weighted by molar-refractivity contribution is 5.99. The summed E-state index contributed by atoms with van der Waals surface area (Å²) in [7, 11) is 0. The van der Waals surface area contributed by atoms with Crippen molar-refractivity contribution in [2.75, 3.05) is 18.4 Å². The van der Waals surface area contributed by atoms with Gasteiger partial charge in [-0.25, -0.2) is 0 Å². The first-order valence-corrected chi connectivity index (χ1v) is 10.1. The molecule has 6 nitrogen and oxygen atoms in total. The van der Waals surface area contributed by atoms with E-state index in [1.54, 1.807) is 17.9 Å². The number of amides is 2. The van der Waals surface area contributed by atoms with Crippen molar-refractivity contribution in [3.05, 3.63) is 47.2 Å². The Morgan fingerprint density at radius 2 is 1.79 bits per heavy atom. The van der Waals surface area contributed by atoms with Gasteiger partial charge in [0.1, 0.15) is 12.3 Å². The summed E-state index contributed by atoms with van der Waals surface area (Å²) in [6, 6.07) is 9.38. The molecule has 6 heteroatoms. The molecule has 1 aromatic heterocycles. The molecule has 0 spiro atoms. The zero-order valence-corrected chi connectivity index (χ0v) is 17.2. The molecule has 0 aliphatic rings. The van der Waals surface area contributed by atoms with Crippen LogP contribution < -0.4 is 5.32 Å². The van der Waals surface area contributed by atoms with Gasteiger partial charge in [-0.05, 0) is 43.9 Å². The number of rotatable bonds is 11. The fourth-order valence-electron chi connectivity index (χ4n) is 2.96. The molecule has 0 saturated heterocycles. The lowest BCUT2D eigenvalue weighted by atomic mass is 10.1. The fourth-order valence-corrected chi connectivity index (χ4v) is 2.96. The molecule has 28 heavy (non-hydrogen) atoms. The summed E-state index contributed by atoms with van der Waals surface area (Å²) in [5.41, 5.74) is 1.84. The molecule has 1 heterocycles. The standard InChI is InChI=1S/C22H31N3O3/c1-4-6-8-14-25(16-21(26)23-20-15-17(3)28-24-20)22(27)19-12-10-18(11-13-19)9-7-5-2/h10-13,15H,4-9,14,16H2,1-3H3,(H,23,24,26).